The maximum atomic E-state index is 9.95. The summed E-state index contributed by atoms with van der Waals surface area (Å²) in [5, 5.41) is 19.5. The SMILES string of the molecule is Cc1ccc(SCC(O)COc2ccc(CC#N)cc2)nc1. The summed E-state index contributed by atoms with van der Waals surface area (Å²) in [4.78, 5) is 4.28. The molecule has 0 saturated heterocycles. The topological polar surface area (TPSA) is 66.1 Å². The summed E-state index contributed by atoms with van der Waals surface area (Å²) in [6, 6.07) is 13.4. The normalized spacial score (nSPS) is 11.7. The number of thioether (sulfide) groups is 1. The molecule has 0 aliphatic rings. The molecule has 0 amide bonds. The molecule has 0 bridgehead atoms. The van der Waals surface area contributed by atoms with Gasteiger partial charge in [0, 0.05) is 11.9 Å². The van der Waals surface area contributed by atoms with Gasteiger partial charge < -0.3 is 9.84 Å². The molecule has 1 unspecified atom stereocenters. The van der Waals surface area contributed by atoms with E-state index in [1.165, 1.54) is 11.8 Å². The number of nitrogens with zero attached hydrogens (tertiary/aromatic N) is 2. The van der Waals surface area contributed by atoms with E-state index in [9.17, 15) is 5.11 Å². The molecule has 2 aromatic rings. The number of aliphatic hydroxyl groups is 1. The van der Waals surface area contributed by atoms with Gasteiger partial charge in [-0.15, -0.1) is 11.8 Å². The third-order valence-corrected chi connectivity index (χ3v) is 4.05. The van der Waals surface area contributed by atoms with Crippen LogP contribution in [0.3, 0.4) is 0 Å². The fourth-order valence-corrected chi connectivity index (χ4v) is 2.51. The molecule has 0 saturated carbocycles. The second-order valence-corrected chi connectivity index (χ2v) is 5.97. The Hall–Kier alpha value is -2.03. The number of benzene rings is 1. The van der Waals surface area contributed by atoms with Gasteiger partial charge in [-0.2, -0.15) is 5.26 Å². The number of nitriles is 1. The van der Waals surface area contributed by atoms with Crippen molar-refractivity contribution in [1.29, 1.82) is 5.26 Å². The first-order valence-electron chi connectivity index (χ1n) is 6.99. The van der Waals surface area contributed by atoms with E-state index in [-0.39, 0.29) is 6.61 Å². The van der Waals surface area contributed by atoms with Crippen molar-refractivity contribution in [2.75, 3.05) is 12.4 Å². The van der Waals surface area contributed by atoms with E-state index in [0.717, 1.165) is 16.2 Å². The van der Waals surface area contributed by atoms with Crippen LogP contribution in [-0.2, 0) is 6.42 Å². The molecular weight excluding hydrogens is 296 g/mol. The third-order valence-electron chi connectivity index (χ3n) is 2.96. The zero-order valence-electron chi connectivity index (χ0n) is 12.4. The van der Waals surface area contributed by atoms with Gasteiger partial charge in [0.25, 0.3) is 0 Å². The monoisotopic (exact) mass is 314 g/mol. The average molecular weight is 314 g/mol. The number of rotatable bonds is 7. The van der Waals surface area contributed by atoms with E-state index in [0.29, 0.717) is 17.9 Å². The Balaban J connectivity index is 1.74. The lowest BCUT2D eigenvalue weighted by Crippen LogP contribution is -2.20. The summed E-state index contributed by atoms with van der Waals surface area (Å²) >= 11 is 1.50. The van der Waals surface area contributed by atoms with Crippen LogP contribution in [-0.4, -0.2) is 28.6 Å². The van der Waals surface area contributed by atoms with Crippen molar-refractivity contribution >= 4 is 11.8 Å². The van der Waals surface area contributed by atoms with Gasteiger partial charge in [-0.25, -0.2) is 4.98 Å². The predicted octanol–water partition coefficient (Wildman–Crippen LogP) is 2.99. The molecule has 1 aromatic carbocycles. The van der Waals surface area contributed by atoms with E-state index in [2.05, 4.69) is 11.1 Å². The zero-order chi connectivity index (χ0) is 15.8. The highest BCUT2D eigenvalue weighted by Crippen LogP contribution is 2.17. The minimum absolute atomic E-state index is 0.233. The van der Waals surface area contributed by atoms with Gasteiger partial charge in [0.2, 0.25) is 0 Å². The molecule has 1 N–H and O–H groups in total. The van der Waals surface area contributed by atoms with Gasteiger partial charge in [0.1, 0.15) is 12.4 Å². The van der Waals surface area contributed by atoms with Crippen LogP contribution in [0.1, 0.15) is 11.1 Å². The highest BCUT2D eigenvalue weighted by Gasteiger charge is 2.07. The van der Waals surface area contributed by atoms with Crippen molar-refractivity contribution in [1.82, 2.24) is 4.98 Å². The molecule has 1 aromatic heterocycles. The molecule has 0 fully saturated rings. The molecule has 0 radical (unpaired) electrons. The van der Waals surface area contributed by atoms with Crippen LogP contribution in [0.25, 0.3) is 0 Å². The van der Waals surface area contributed by atoms with Crippen LogP contribution in [0.5, 0.6) is 5.75 Å². The Bertz CT molecular complexity index is 621. The fourth-order valence-electron chi connectivity index (χ4n) is 1.76. The predicted molar refractivity (Wildman–Crippen MR) is 87.0 cm³/mol. The standard InChI is InChI=1S/C17H18N2O2S/c1-13-2-7-17(19-10-13)22-12-15(20)11-21-16-5-3-14(4-6-16)8-9-18/h2-7,10,15,20H,8,11-12H2,1H3. The Kier molecular flexibility index (Phi) is 6.26. The van der Waals surface area contributed by atoms with Crippen molar-refractivity contribution in [3.05, 3.63) is 53.7 Å². The minimum Gasteiger partial charge on any atom is -0.491 e. The Morgan fingerprint density at radius 3 is 2.68 bits per heavy atom. The first-order valence-corrected chi connectivity index (χ1v) is 7.98. The smallest absolute Gasteiger partial charge is 0.119 e. The quantitative estimate of drug-likeness (QED) is 0.796. The molecule has 114 valence electrons. The molecule has 1 heterocycles. The Morgan fingerprint density at radius 2 is 2.05 bits per heavy atom. The summed E-state index contributed by atoms with van der Waals surface area (Å²) in [6.45, 7) is 2.22. The number of pyridine rings is 1. The lowest BCUT2D eigenvalue weighted by atomic mass is 10.2. The van der Waals surface area contributed by atoms with Gasteiger partial charge in [0.05, 0.1) is 23.6 Å². The average Bonchev–Trinajstić information content (AvgIpc) is 2.54. The summed E-state index contributed by atoms with van der Waals surface area (Å²) in [5.74, 6) is 1.22. The number of hydrogen-bond acceptors (Lipinski definition) is 5. The van der Waals surface area contributed by atoms with E-state index in [1.807, 2.05) is 49.5 Å². The van der Waals surface area contributed by atoms with Crippen LogP contribution in [0.4, 0.5) is 0 Å². The van der Waals surface area contributed by atoms with Crippen molar-refractivity contribution in [3.8, 4) is 11.8 Å². The molecule has 2 rings (SSSR count). The van der Waals surface area contributed by atoms with Gasteiger partial charge in [-0.1, -0.05) is 18.2 Å². The largest absolute Gasteiger partial charge is 0.491 e. The first kappa shape index (κ1) is 16.3. The number of aryl methyl sites for hydroxylation is 1. The van der Waals surface area contributed by atoms with Crippen LogP contribution < -0.4 is 4.74 Å². The molecule has 4 nitrogen and oxygen atoms in total. The molecule has 1 atom stereocenters. The van der Waals surface area contributed by atoms with Gasteiger partial charge in [-0.05, 0) is 36.2 Å². The number of aromatic nitrogens is 1. The lowest BCUT2D eigenvalue weighted by Gasteiger charge is -2.12. The summed E-state index contributed by atoms with van der Waals surface area (Å²) < 4.78 is 5.54. The lowest BCUT2D eigenvalue weighted by molar-refractivity contribution is 0.126. The molecule has 22 heavy (non-hydrogen) atoms. The van der Waals surface area contributed by atoms with Crippen LogP contribution >= 0.6 is 11.8 Å². The number of ether oxygens (including phenoxy) is 1. The van der Waals surface area contributed by atoms with E-state index < -0.39 is 6.10 Å². The van der Waals surface area contributed by atoms with E-state index in [4.69, 9.17) is 10.00 Å². The highest BCUT2D eigenvalue weighted by atomic mass is 32.2. The Labute approximate surface area is 134 Å². The van der Waals surface area contributed by atoms with Gasteiger partial charge >= 0.3 is 0 Å². The summed E-state index contributed by atoms with van der Waals surface area (Å²) in [6.07, 6.45) is 1.64. The third kappa shape index (κ3) is 5.40. The molecule has 0 aliphatic heterocycles. The first-order chi connectivity index (χ1) is 10.7. The second-order valence-electron chi connectivity index (χ2n) is 4.93. The van der Waals surface area contributed by atoms with Gasteiger partial charge in [-0.3, -0.25) is 0 Å². The van der Waals surface area contributed by atoms with Crippen LogP contribution in [0, 0.1) is 18.3 Å². The van der Waals surface area contributed by atoms with Crippen molar-refractivity contribution in [2.24, 2.45) is 0 Å². The van der Waals surface area contributed by atoms with Gasteiger partial charge in [0.15, 0.2) is 0 Å². The summed E-state index contributed by atoms with van der Waals surface area (Å²) in [7, 11) is 0. The Morgan fingerprint density at radius 1 is 1.27 bits per heavy atom. The number of hydrogen-bond donors (Lipinski definition) is 1. The van der Waals surface area contributed by atoms with Crippen molar-refractivity contribution in [2.45, 2.75) is 24.5 Å². The molecule has 0 spiro atoms. The zero-order valence-corrected chi connectivity index (χ0v) is 13.2. The second kappa shape index (κ2) is 8.42. The molecule has 5 heteroatoms. The maximum Gasteiger partial charge on any atom is 0.119 e. The van der Waals surface area contributed by atoms with E-state index in [1.54, 1.807) is 0 Å². The van der Waals surface area contributed by atoms with E-state index >= 15 is 0 Å². The highest BCUT2D eigenvalue weighted by molar-refractivity contribution is 7.99. The molecular formula is C17H18N2O2S. The maximum absolute atomic E-state index is 9.95. The molecule has 0 aliphatic carbocycles. The summed E-state index contributed by atoms with van der Waals surface area (Å²) in [5.41, 5.74) is 2.07. The van der Waals surface area contributed by atoms with Crippen LogP contribution in [0.2, 0.25) is 0 Å². The van der Waals surface area contributed by atoms with Crippen molar-refractivity contribution < 1.29 is 9.84 Å². The minimum atomic E-state index is -0.563. The van der Waals surface area contributed by atoms with Crippen LogP contribution in [0.15, 0.2) is 47.6 Å². The van der Waals surface area contributed by atoms with Crippen molar-refractivity contribution in [3.63, 3.8) is 0 Å². The number of aliphatic hydroxyl groups excluding tert-OH is 1. The fraction of sp³-hybridized carbons (Fsp3) is 0.294.